The van der Waals surface area contributed by atoms with Crippen LogP contribution in [0.2, 0.25) is 0 Å². The predicted octanol–water partition coefficient (Wildman–Crippen LogP) is 18.9. The Bertz CT molecular complexity index is 1730. The molecule has 0 aromatic carbocycles. The van der Waals surface area contributed by atoms with Gasteiger partial charge in [0, 0.05) is 25.7 Å². The summed E-state index contributed by atoms with van der Waals surface area (Å²) in [6.07, 6.45) is 39.2. The highest BCUT2D eigenvalue weighted by atomic mass is 31.2. The molecule has 0 aromatic heterocycles. The predicted molar refractivity (Wildman–Crippen MR) is 349 cm³/mol. The molecule has 0 aliphatic rings. The molecule has 516 valence electrons. The minimum atomic E-state index is -4.95. The van der Waals surface area contributed by atoms with Gasteiger partial charge in [-0.2, -0.15) is 0 Å². The van der Waals surface area contributed by atoms with Crippen molar-refractivity contribution in [2.24, 2.45) is 23.7 Å². The van der Waals surface area contributed by atoms with E-state index in [1.165, 1.54) is 135 Å². The molecule has 0 saturated heterocycles. The van der Waals surface area contributed by atoms with Gasteiger partial charge in [0.1, 0.15) is 19.3 Å². The first kappa shape index (κ1) is 85.1. The first-order valence-corrected chi connectivity index (χ1v) is 38.2. The molecule has 5 atom stereocenters. The second-order valence-electron chi connectivity index (χ2n) is 26.5. The van der Waals surface area contributed by atoms with Crippen LogP contribution < -0.4 is 0 Å². The van der Waals surface area contributed by atoms with E-state index in [2.05, 4.69) is 55.4 Å². The van der Waals surface area contributed by atoms with Crippen LogP contribution in [0.1, 0.15) is 331 Å². The fourth-order valence-corrected chi connectivity index (χ4v) is 11.7. The molecule has 0 radical (unpaired) electrons. The first-order valence-electron chi connectivity index (χ1n) is 35.2. The molecule has 0 bridgehead atoms. The molecule has 0 amide bonds. The van der Waals surface area contributed by atoms with E-state index < -0.39 is 97.5 Å². The summed E-state index contributed by atoms with van der Waals surface area (Å²) < 4.78 is 68.1. The number of unbranched alkanes of at least 4 members (excludes halogenated alkanes) is 31. The number of carbonyl (C=O) groups excluding carboxylic acids is 4. The minimum absolute atomic E-state index is 0.102. The third kappa shape index (κ3) is 62.6. The van der Waals surface area contributed by atoms with Gasteiger partial charge in [0.15, 0.2) is 12.2 Å². The molecule has 0 spiro atoms. The standard InChI is InChI=1S/C68H132O17P2/c1-58(2)44-36-28-20-14-12-10-9-11-13-15-24-32-40-48-65(70)78-54-63(84-67(72)50-42-34-26-18-22-30-38-46-60(5)6)56-82-86(74,75)80-52-62(69)53-81-87(76,77)83-57-64(85-68(73)51-43-35-27-19-23-31-39-47-61(7)8)55-79-66(71)49-41-33-25-17-16-21-29-37-45-59(3)4/h58-64,69H,9-57H2,1-8H3,(H,74,75)(H,76,77)/t62?,63-,64-/m1/s1. The molecule has 17 nitrogen and oxygen atoms in total. The van der Waals surface area contributed by atoms with Crippen LogP contribution in [0.15, 0.2) is 0 Å². The number of phosphoric ester groups is 2. The highest BCUT2D eigenvalue weighted by Crippen LogP contribution is 2.45. The lowest BCUT2D eigenvalue weighted by molar-refractivity contribution is -0.161. The molecule has 0 saturated carbocycles. The second-order valence-corrected chi connectivity index (χ2v) is 29.4. The Morgan fingerprint density at radius 3 is 0.713 bits per heavy atom. The molecule has 3 N–H and O–H groups in total. The smallest absolute Gasteiger partial charge is 0.462 e. The molecule has 0 aromatic rings. The summed E-state index contributed by atoms with van der Waals surface area (Å²) >= 11 is 0. The van der Waals surface area contributed by atoms with Crippen LogP contribution in [-0.4, -0.2) is 96.7 Å². The SMILES string of the molecule is CC(C)CCCCCCCCCCCCCCCC(=O)OC[C@H](COP(=O)(O)OCC(O)COP(=O)(O)OC[C@@H](COC(=O)CCCCCCCCCCC(C)C)OC(=O)CCCCCCCCCC(C)C)OC(=O)CCCCCCCCCC(C)C. The van der Waals surface area contributed by atoms with Crippen molar-refractivity contribution in [3.63, 3.8) is 0 Å². The van der Waals surface area contributed by atoms with Crippen LogP contribution in [0, 0.1) is 23.7 Å². The lowest BCUT2D eigenvalue weighted by Gasteiger charge is -2.21. The van der Waals surface area contributed by atoms with Gasteiger partial charge < -0.3 is 33.8 Å². The van der Waals surface area contributed by atoms with E-state index in [4.69, 9.17) is 37.0 Å². The molecule has 0 aliphatic heterocycles. The number of esters is 4. The summed E-state index contributed by atoms with van der Waals surface area (Å²) in [6.45, 7) is 14.0. The monoisotopic (exact) mass is 1280 g/mol. The zero-order valence-corrected chi connectivity index (χ0v) is 58.4. The van der Waals surface area contributed by atoms with E-state index in [-0.39, 0.29) is 25.7 Å². The lowest BCUT2D eigenvalue weighted by atomic mass is 10.0. The Hall–Kier alpha value is -1.94. The average Bonchev–Trinajstić information content (AvgIpc) is 3.49. The van der Waals surface area contributed by atoms with E-state index in [1.807, 2.05) is 0 Å². The van der Waals surface area contributed by atoms with Gasteiger partial charge in [0.05, 0.1) is 26.4 Å². The van der Waals surface area contributed by atoms with E-state index in [1.54, 1.807) is 0 Å². The van der Waals surface area contributed by atoms with Gasteiger partial charge in [-0.05, 0) is 49.4 Å². The molecule has 0 aliphatic carbocycles. The first-order chi connectivity index (χ1) is 41.6. The van der Waals surface area contributed by atoms with E-state index in [0.29, 0.717) is 37.5 Å². The zero-order chi connectivity index (χ0) is 64.7. The van der Waals surface area contributed by atoms with Crippen molar-refractivity contribution in [2.45, 2.75) is 350 Å². The number of aliphatic hydroxyl groups excluding tert-OH is 1. The summed E-state index contributed by atoms with van der Waals surface area (Å²) in [5.74, 6) is 0.772. The molecule has 19 heteroatoms. The minimum Gasteiger partial charge on any atom is -0.462 e. The molecule has 0 rings (SSSR count). The number of ether oxygens (including phenoxy) is 4. The Morgan fingerprint density at radius 1 is 0.287 bits per heavy atom. The van der Waals surface area contributed by atoms with Gasteiger partial charge in [-0.3, -0.25) is 37.3 Å². The van der Waals surface area contributed by atoms with Gasteiger partial charge in [-0.25, -0.2) is 9.13 Å². The van der Waals surface area contributed by atoms with Gasteiger partial charge in [0.25, 0.3) is 0 Å². The van der Waals surface area contributed by atoms with Crippen molar-refractivity contribution < 1.29 is 80.2 Å². The van der Waals surface area contributed by atoms with E-state index >= 15 is 0 Å². The van der Waals surface area contributed by atoms with Crippen molar-refractivity contribution >= 4 is 39.5 Å². The van der Waals surface area contributed by atoms with Crippen molar-refractivity contribution in [2.75, 3.05) is 39.6 Å². The summed E-state index contributed by atoms with van der Waals surface area (Å²) in [4.78, 5) is 72.4. The maximum absolute atomic E-state index is 13.0. The quantitative estimate of drug-likeness (QED) is 0.0222. The fourth-order valence-electron chi connectivity index (χ4n) is 10.1. The average molecular weight is 1280 g/mol. The Labute approximate surface area is 530 Å². The number of rotatable bonds is 65. The Balaban J connectivity index is 5.21. The molecule has 0 heterocycles. The topological polar surface area (TPSA) is 237 Å². The number of aliphatic hydroxyl groups is 1. The summed E-state index contributed by atoms with van der Waals surface area (Å²) in [7, 11) is -9.90. The largest absolute Gasteiger partial charge is 0.472 e. The van der Waals surface area contributed by atoms with Crippen LogP contribution >= 0.6 is 15.6 Å². The fraction of sp³-hybridized carbons (Fsp3) is 0.941. The summed E-state index contributed by atoms with van der Waals surface area (Å²) in [6, 6.07) is 0. The second kappa shape index (κ2) is 57.9. The zero-order valence-electron chi connectivity index (χ0n) is 56.6. The summed E-state index contributed by atoms with van der Waals surface area (Å²) in [5, 5.41) is 10.6. The number of phosphoric acid groups is 2. The van der Waals surface area contributed by atoms with Gasteiger partial charge in [-0.1, -0.05) is 280 Å². The molecular weight excluding hydrogens is 1150 g/mol. The van der Waals surface area contributed by atoms with Crippen molar-refractivity contribution in [3.05, 3.63) is 0 Å². The van der Waals surface area contributed by atoms with E-state index in [9.17, 15) is 43.2 Å². The number of hydrogen-bond acceptors (Lipinski definition) is 15. The number of hydrogen-bond donors (Lipinski definition) is 3. The lowest BCUT2D eigenvalue weighted by Crippen LogP contribution is -2.30. The van der Waals surface area contributed by atoms with Crippen molar-refractivity contribution in [1.82, 2.24) is 0 Å². The highest BCUT2D eigenvalue weighted by molar-refractivity contribution is 7.47. The van der Waals surface area contributed by atoms with Crippen LogP contribution in [0.4, 0.5) is 0 Å². The van der Waals surface area contributed by atoms with Crippen LogP contribution in [-0.2, 0) is 65.4 Å². The van der Waals surface area contributed by atoms with Crippen LogP contribution in [0.5, 0.6) is 0 Å². The van der Waals surface area contributed by atoms with Gasteiger partial charge in [-0.15, -0.1) is 0 Å². The molecule has 87 heavy (non-hydrogen) atoms. The third-order valence-corrected chi connectivity index (χ3v) is 17.5. The van der Waals surface area contributed by atoms with E-state index in [0.717, 1.165) is 102 Å². The Kier molecular flexibility index (Phi) is 56.6. The van der Waals surface area contributed by atoms with Gasteiger partial charge >= 0.3 is 39.5 Å². The molecular formula is C68H132O17P2. The van der Waals surface area contributed by atoms with Gasteiger partial charge in [0.2, 0.25) is 0 Å². The van der Waals surface area contributed by atoms with Crippen molar-refractivity contribution in [1.29, 1.82) is 0 Å². The Morgan fingerprint density at radius 2 is 0.483 bits per heavy atom. The normalized spacial score (nSPS) is 14.3. The third-order valence-electron chi connectivity index (χ3n) is 15.6. The molecule has 0 fully saturated rings. The van der Waals surface area contributed by atoms with Crippen LogP contribution in [0.3, 0.4) is 0 Å². The molecule has 3 unspecified atom stereocenters. The number of carbonyl (C=O) groups is 4. The van der Waals surface area contributed by atoms with Crippen molar-refractivity contribution in [3.8, 4) is 0 Å². The highest BCUT2D eigenvalue weighted by Gasteiger charge is 2.30. The maximum atomic E-state index is 13.0. The maximum Gasteiger partial charge on any atom is 0.472 e. The summed E-state index contributed by atoms with van der Waals surface area (Å²) in [5.41, 5.74) is 0. The van der Waals surface area contributed by atoms with Crippen LogP contribution in [0.25, 0.3) is 0 Å².